The highest BCUT2D eigenvalue weighted by Crippen LogP contribution is 2.30. The molecule has 0 aromatic heterocycles. The van der Waals surface area contributed by atoms with Crippen molar-refractivity contribution in [1.29, 1.82) is 0 Å². The van der Waals surface area contributed by atoms with E-state index in [1.165, 1.54) is 12.1 Å². The van der Waals surface area contributed by atoms with Gasteiger partial charge in [0.15, 0.2) is 0 Å². The van der Waals surface area contributed by atoms with Gasteiger partial charge in [0.2, 0.25) is 5.91 Å². The maximum absolute atomic E-state index is 13.5. The molecule has 2 aromatic carbocycles. The first kappa shape index (κ1) is 15.0. The molecule has 4 heteroatoms. The molecular formula is C17H19FN2O. The summed E-state index contributed by atoms with van der Waals surface area (Å²) in [6, 6.07) is 13.6. The predicted octanol–water partition coefficient (Wildman–Crippen LogP) is 3.34. The number of hydrogen-bond donors (Lipinski definition) is 2. The zero-order chi connectivity index (χ0) is 15.5. The Hall–Kier alpha value is -2.36. The minimum Gasteiger partial charge on any atom is -0.368 e. The Morgan fingerprint density at radius 2 is 1.90 bits per heavy atom. The molecular weight excluding hydrogens is 267 g/mol. The number of anilines is 1. The van der Waals surface area contributed by atoms with E-state index in [4.69, 9.17) is 5.73 Å². The molecule has 0 radical (unpaired) electrons. The Kier molecular flexibility index (Phi) is 4.26. The summed E-state index contributed by atoms with van der Waals surface area (Å²) in [5.41, 5.74) is 6.90. The number of carbonyl (C=O) groups is 1. The molecule has 0 bridgehead atoms. The van der Waals surface area contributed by atoms with E-state index in [2.05, 4.69) is 5.32 Å². The first-order chi connectivity index (χ1) is 9.98. The number of rotatable bonds is 5. The number of amides is 1. The number of nitrogens with one attached hydrogen (secondary N) is 1. The highest BCUT2D eigenvalue weighted by atomic mass is 19.1. The van der Waals surface area contributed by atoms with Crippen molar-refractivity contribution in [2.45, 2.75) is 25.8 Å². The second-order valence-electron chi connectivity index (χ2n) is 5.12. The van der Waals surface area contributed by atoms with Crippen molar-refractivity contribution >= 4 is 11.6 Å². The zero-order valence-electron chi connectivity index (χ0n) is 12.2. The van der Waals surface area contributed by atoms with Crippen LogP contribution in [0, 0.1) is 12.7 Å². The van der Waals surface area contributed by atoms with Gasteiger partial charge in [0.25, 0.3) is 0 Å². The molecule has 0 spiro atoms. The molecule has 2 rings (SSSR count). The molecule has 3 N–H and O–H groups in total. The molecule has 0 aliphatic rings. The van der Waals surface area contributed by atoms with Crippen LogP contribution in [0.1, 0.15) is 24.5 Å². The Balaban J connectivity index is 2.46. The summed E-state index contributed by atoms with van der Waals surface area (Å²) in [5.74, 6) is -0.923. The number of primary amides is 1. The number of carbonyl (C=O) groups excluding carboxylic acids is 1. The maximum atomic E-state index is 13.5. The van der Waals surface area contributed by atoms with Crippen molar-refractivity contribution in [1.82, 2.24) is 0 Å². The van der Waals surface area contributed by atoms with E-state index < -0.39 is 17.3 Å². The molecule has 3 nitrogen and oxygen atoms in total. The molecule has 1 unspecified atom stereocenters. The van der Waals surface area contributed by atoms with E-state index in [1.807, 2.05) is 38.1 Å². The summed E-state index contributed by atoms with van der Waals surface area (Å²) >= 11 is 0. The van der Waals surface area contributed by atoms with Crippen LogP contribution < -0.4 is 11.1 Å². The van der Waals surface area contributed by atoms with Crippen molar-refractivity contribution in [3.05, 3.63) is 65.5 Å². The fourth-order valence-electron chi connectivity index (χ4n) is 2.38. The second-order valence-corrected chi connectivity index (χ2v) is 5.12. The number of hydrogen-bond acceptors (Lipinski definition) is 2. The Labute approximate surface area is 124 Å². The van der Waals surface area contributed by atoms with E-state index in [1.54, 1.807) is 12.1 Å². The van der Waals surface area contributed by atoms with Crippen LogP contribution in [-0.4, -0.2) is 5.91 Å². The molecule has 0 saturated carbocycles. The Bertz CT molecular complexity index is 639. The van der Waals surface area contributed by atoms with E-state index in [-0.39, 0.29) is 0 Å². The van der Waals surface area contributed by atoms with Crippen molar-refractivity contribution in [3.8, 4) is 0 Å². The fraction of sp³-hybridized carbons (Fsp3) is 0.235. The highest BCUT2D eigenvalue weighted by Gasteiger charge is 2.37. The summed E-state index contributed by atoms with van der Waals surface area (Å²) in [6.45, 7) is 3.83. The van der Waals surface area contributed by atoms with Crippen LogP contribution in [0.25, 0.3) is 0 Å². The van der Waals surface area contributed by atoms with Crippen molar-refractivity contribution in [2.75, 3.05) is 5.32 Å². The van der Waals surface area contributed by atoms with Crippen LogP contribution in [0.15, 0.2) is 48.5 Å². The van der Waals surface area contributed by atoms with Gasteiger partial charge in [-0.05, 0) is 43.2 Å². The van der Waals surface area contributed by atoms with Crippen LogP contribution >= 0.6 is 0 Å². The van der Waals surface area contributed by atoms with Crippen LogP contribution in [0.5, 0.6) is 0 Å². The third-order valence-electron chi connectivity index (χ3n) is 3.68. The SMILES string of the molecule is CCC(Nc1ccc(C)cc1)(C(N)=O)c1cccc(F)c1. The van der Waals surface area contributed by atoms with Gasteiger partial charge in [-0.2, -0.15) is 0 Å². The van der Waals surface area contributed by atoms with Gasteiger partial charge in [-0.3, -0.25) is 4.79 Å². The summed E-state index contributed by atoms with van der Waals surface area (Å²) in [6.07, 6.45) is 0.416. The smallest absolute Gasteiger partial charge is 0.247 e. The van der Waals surface area contributed by atoms with E-state index >= 15 is 0 Å². The fourth-order valence-corrected chi connectivity index (χ4v) is 2.38. The van der Waals surface area contributed by atoms with Gasteiger partial charge in [-0.1, -0.05) is 36.8 Å². The number of benzene rings is 2. The van der Waals surface area contributed by atoms with Crippen LogP contribution in [0.2, 0.25) is 0 Å². The summed E-state index contributed by atoms with van der Waals surface area (Å²) in [5, 5.41) is 3.17. The van der Waals surface area contributed by atoms with Crippen LogP contribution in [0.3, 0.4) is 0 Å². The molecule has 0 aliphatic carbocycles. The largest absolute Gasteiger partial charge is 0.368 e. The minimum atomic E-state index is -1.13. The first-order valence-electron chi connectivity index (χ1n) is 6.89. The number of aryl methyl sites for hydroxylation is 1. The van der Waals surface area contributed by atoms with E-state index in [0.29, 0.717) is 12.0 Å². The van der Waals surface area contributed by atoms with Crippen LogP contribution in [-0.2, 0) is 10.3 Å². The lowest BCUT2D eigenvalue weighted by Gasteiger charge is -2.32. The lowest BCUT2D eigenvalue weighted by molar-refractivity contribution is -0.122. The zero-order valence-corrected chi connectivity index (χ0v) is 12.2. The molecule has 2 aromatic rings. The van der Waals surface area contributed by atoms with Crippen molar-refractivity contribution in [3.63, 3.8) is 0 Å². The lowest BCUT2D eigenvalue weighted by atomic mass is 9.86. The number of nitrogens with two attached hydrogens (primary N) is 1. The normalized spacial score (nSPS) is 13.5. The average molecular weight is 286 g/mol. The van der Waals surface area contributed by atoms with Gasteiger partial charge in [0.05, 0.1) is 0 Å². The summed E-state index contributed by atoms with van der Waals surface area (Å²) in [7, 11) is 0. The van der Waals surface area contributed by atoms with Gasteiger partial charge < -0.3 is 11.1 Å². The predicted molar refractivity (Wildman–Crippen MR) is 82.4 cm³/mol. The van der Waals surface area contributed by atoms with E-state index in [0.717, 1.165) is 11.3 Å². The molecule has 0 heterocycles. The molecule has 110 valence electrons. The highest BCUT2D eigenvalue weighted by molar-refractivity contribution is 5.89. The molecule has 1 amide bonds. The third kappa shape index (κ3) is 3.05. The summed E-state index contributed by atoms with van der Waals surface area (Å²) in [4.78, 5) is 12.1. The van der Waals surface area contributed by atoms with E-state index in [9.17, 15) is 9.18 Å². The van der Waals surface area contributed by atoms with Gasteiger partial charge in [-0.25, -0.2) is 4.39 Å². The molecule has 0 aliphatic heterocycles. The third-order valence-corrected chi connectivity index (χ3v) is 3.68. The second kappa shape index (κ2) is 5.95. The maximum Gasteiger partial charge on any atom is 0.247 e. The van der Waals surface area contributed by atoms with Gasteiger partial charge in [0.1, 0.15) is 11.4 Å². The first-order valence-corrected chi connectivity index (χ1v) is 6.89. The molecule has 0 fully saturated rings. The average Bonchev–Trinajstić information content (AvgIpc) is 2.46. The quantitative estimate of drug-likeness (QED) is 0.885. The Morgan fingerprint density at radius 1 is 1.24 bits per heavy atom. The monoisotopic (exact) mass is 286 g/mol. The van der Waals surface area contributed by atoms with Gasteiger partial charge in [-0.15, -0.1) is 0 Å². The van der Waals surface area contributed by atoms with Crippen molar-refractivity contribution < 1.29 is 9.18 Å². The minimum absolute atomic E-state index is 0.391. The number of halogens is 1. The Morgan fingerprint density at radius 3 is 2.43 bits per heavy atom. The summed E-state index contributed by atoms with van der Waals surface area (Å²) < 4.78 is 13.5. The lowest BCUT2D eigenvalue weighted by Crippen LogP contribution is -2.47. The topological polar surface area (TPSA) is 55.1 Å². The van der Waals surface area contributed by atoms with Gasteiger partial charge >= 0.3 is 0 Å². The van der Waals surface area contributed by atoms with Gasteiger partial charge in [0, 0.05) is 5.69 Å². The van der Waals surface area contributed by atoms with Crippen LogP contribution in [0.4, 0.5) is 10.1 Å². The standard InChI is InChI=1S/C17H19FN2O/c1-3-17(16(19)21,13-5-4-6-14(18)11-13)20-15-9-7-12(2)8-10-15/h4-11,20H,3H2,1-2H3,(H2,19,21). The molecule has 0 saturated heterocycles. The molecule has 1 atom stereocenters. The molecule has 21 heavy (non-hydrogen) atoms. The van der Waals surface area contributed by atoms with Crippen molar-refractivity contribution in [2.24, 2.45) is 5.73 Å².